The molecule has 0 unspecified atom stereocenters. The summed E-state index contributed by atoms with van der Waals surface area (Å²) < 4.78 is 0. The summed E-state index contributed by atoms with van der Waals surface area (Å²) in [6.07, 6.45) is 37.8. The molecule has 0 aliphatic rings. The smallest absolute Gasteiger partial charge is 0.322 e. The number of unbranched alkanes of at least 4 members (excludes halogenated alkanes) is 26. The zero-order valence-corrected chi connectivity index (χ0v) is 34.6. The number of carbonyl (C=O) groups excluding carboxylic acids is 3. The molecule has 1 rings (SSSR count). The van der Waals surface area contributed by atoms with Gasteiger partial charge in [-0.1, -0.05) is 194 Å². The predicted molar refractivity (Wildman–Crippen MR) is 226 cm³/mol. The number of nitrogens with two attached hydrogens (primary N) is 1. The minimum Gasteiger partial charge on any atom is -0.480 e. The summed E-state index contributed by atoms with van der Waals surface area (Å²) in [4.78, 5) is 49.5. The standard InChI is InChI=1S/C45H80N4O5/c1-3-5-7-9-11-13-15-17-19-21-23-25-27-29-31-38(32-30-28-26-24-22-20-18-16-14-12-10-8-6-4-2)45(54)49-41-34-39(44(53)47-37-43(51)52)33-40(35-41)48-42(50)36-46/h33-35,38H,3-32,36-37,46H2,1-2H3,(H,47,53)(H,48,50)(H,49,54)(H,51,52). The molecule has 1 aromatic rings. The van der Waals surface area contributed by atoms with Gasteiger partial charge in [-0.25, -0.2) is 0 Å². The van der Waals surface area contributed by atoms with Gasteiger partial charge in [0, 0.05) is 22.9 Å². The average molecular weight is 757 g/mol. The molecule has 0 saturated heterocycles. The van der Waals surface area contributed by atoms with Crippen LogP contribution in [0.1, 0.15) is 217 Å². The first-order valence-electron chi connectivity index (χ1n) is 22.3. The molecule has 0 atom stereocenters. The summed E-state index contributed by atoms with van der Waals surface area (Å²) in [5, 5.41) is 17.0. The lowest BCUT2D eigenvalue weighted by Gasteiger charge is -2.18. The molecule has 9 nitrogen and oxygen atoms in total. The average Bonchev–Trinajstić information content (AvgIpc) is 3.16. The van der Waals surface area contributed by atoms with Crippen molar-refractivity contribution in [1.82, 2.24) is 5.32 Å². The Morgan fingerprint density at radius 2 is 0.889 bits per heavy atom. The van der Waals surface area contributed by atoms with Crippen molar-refractivity contribution in [1.29, 1.82) is 0 Å². The molecule has 0 bridgehead atoms. The van der Waals surface area contributed by atoms with Crippen LogP contribution in [0.2, 0.25) is 0 Å². The lowest BCUT2D eigenvalue weighted by atomic mass is 9.93. The third kappa shape index (κ3) is 27.6. The Balaban J connectivity index is 2.64. The first-order valence-corrected chi connectivity index (χ1v) is 22.3. The van der Waals surface area contributed by atoms with Crippen LogP contribution in [0.5, 0.6) is 0 Å². The zero-order valence-electron chi connectivity index (χ0n) is 34.6. The largest absolute Gasteiger partial charge is 0.480 e. The van der Waals surface area contributed by atoms with Crippen molar-refractivity contribution in [3.8, 4) is 0 Å². The number of nitrogens with one attached hydrogen (secondary N) is 3. The van der Waals surface area contributed by atoms with Gasteiger partial charge in [0.25, 0.3) is 5.91 Å². The molecule has 0 aromatic heterocycles. The third-order valence-corrected chi connectivity index (χ3v) is 10.5. The number of aliphatic carboxylic acids is 1. The number of carboxylic acid groups (broad SMARTS) is 1. The van der Waals surface area contributed by atoms with E-state index in [0.29, 0.717) is 11.4 Å². The molecule has 0 aliphatic heterocycles. The highest BCUT2D eigenvalue weighted by Gasteiger charge is 2.20. The van der Waals surface area contributed by atoms with Crippen molar-refractivity contribution in [3.05, 3.63) is 23.8 Å². The minimum absolute atomic E-state index is 0.0846. The van der Waals surface area contributed by atoms with E-state index in [4.69, 9.17) is 10.8 Å². The Morgan fingerprint density at radius 3 is 1.24 bits per heavy atom. The Hall–Kier alpha value is -2.94. The topological polar surface area (TPSA) is 151 Å². The number of benzene rings is 1. The van der Waals surface area contributed by atoms with Crippen LogP contribution in [0.3, 0.4) is 0 Å². The van der Waals surface area contributed by atoms with Gasteiger partial charge in [0.15, 0.2) is 0 Å². The maximum atomic E-state index is 13.7. The van der Waals surface area contributed by atoms with E-state index in [1.54, 1.807) is 6.07 Å². The summed E-state index contributed by atoms with van der Waals surface area (Å²) in [6, 6.07) is 4.57. The van der Waals surface area contributed by atoms with E-state index in [0.717, 1.165) is 38.5 Å². The van der Waals surface area contributed by atoms with Crippen LogP contribution in [0.25, 0.3) is 0 Å². The number of rotatable bonds is 37. The Kier molecular flexibility index (Phi) is 31.4. The van der Waals surface area contributed by atoms with Crippen LogP contribution in [0, 0.1) is 5.92 Å². The second-order valence-corrected chi connectivity index (χ2v) is 15.6. The van der Waals surface area contributed by atoms with Crippen LogP contribution in [0.4, 0.5) is 11.4 Å². The van der Waals surface area contributed by atoms with Crippen LogP contribution in [-0.2, 0) is 14.4 Å². The molecule has 6 N–H and O–H groups in total. The van der Waals surface area contributed by atoms with Gasteiger partial charge in [-0.3, -0.25) is 19.2 Å². The van der Waals surface area contributed by atoms with Crippen molar-refractivity contribution in [2.45, 2.75) is 206 Å². The summed E-state index contributed by atoms with van der Waals surface area (Å²) >= 11 is 0. The highest BCUT2D eigenvalue weighted by atomic mass is 16.4. The molecule has 3 amide bonds. The summed E-state index contributed by atoms with van der Waals surface area (Å²) in [5.41, 5.74) is 6.30. The van der Waals surface area contributed by atoms with Crippen molar-refractivity contribution >= 4 is 35.1 Å². The molecule has 9 heteroatoms. The van der Waals surface area contributed by atoms with E-state index in [1.165, 1.54) is 166 Å². The number of hydrogen-bond donors (Lipinski definition) is 5. The van der Waals surface area contributed by atoms with Gasteiger partial charge in [-0.05, 0) is 31.0 Å². The molecule has 0 saturated carbocycles. The first kappa shape index (κ1) is 49.1. The molecule has 0 fully saturated rings. The highest BCUT2D eigenvalue weighted by molar-refractivity contribution is 6.01. The monoisotopic (exact) mass is 757 g/mol. The normalized spacial score (nSPS) is 11.2. The van der Waals surface area contributed by atoms with E-state index in [-0.39, 0.29) is 23.9 Å². The summed E-state index contributed by atoms with van der Waals surface area (Å²) in [6.45, 7) is 3.75. The second kappa shape index (κ2) is 34.5. The summed E-state index contributed by atoms with van der Waals surface area (Å²) in [7, 11) is 0. The van der Waals surface area contributed by atoms with E-state index in [9.17, 15) is 19.2 Å². The lowest BCUT2D eigenvalue weighted by Crippen LogP contribution is -2.30. The van der Waals surface area contributed by atoms with Gasteiger partial charge in [-0.15, -0.1) is 0 Å². The molecular formula is C45H80N4O5. The lowest BCUT2D eigenvalue weighted by molar-refractivity contribution is -0.135. The number of hydrogen-bond acceptors (Lipinski definition) is 5. The van der Waals surface area contributed by atoms with Gasteiger partial charge < -0.3 is 26.8 Å². The van der Waals surface area contributed by atoms with E-state index < -0.39 is 24.3 Å². The number of carboxylic acids is 1. The van der Waals surface area contributed by atoms with Gasteiger partial charge in [0.05, 0.1) is 6.54 Å². The minimum atomic E-state index is -1.17. The molecule has 0 aliphatic carbocycles. The molecular weight excluding hydrogens is 677 g/mol. The SMILES string of the molecule is CCCCCCCCCCCCCCCCC(CCCCCCCCCCCCCCCC)C(=O)Nc1cc(NC(=O)CN)cc(C(=O)NCC(=O)O)c1. The molecule has 0 spiro atoms. The maximum absolute atomic E-state index is 13.7. The van der Waals surface area contributed by atoms with Gasteiger partial charge in [0.2, 0.25) is 11.8 Å². The second-order valence-electron chi connectivity index (χ2n) is 15.6. The zero-order chi connectivity index (χ0) is 39.5. The van der Waals surface area contributed by atoms with E-state index >= 15 is 0 Å². The third-order valence-electron chi connectivity index (χ3n) is 10.5. The van der Waals surface area contributed by atoms with Crippen LogP contribution < -0.4 is 21.7 Å². The van der Waals surface area contributed by atoms with Crippen LogP contribution >= 0.6 is 0 Å². The number of anilines is 2. The maximum Gasteiger partial charge on any atom is 0.322 e. The van der Waals surface area contributed by atoms with Crippen molar-refractivity contribution in [2.75, 3.05) is 23.7 Å². The molecule has 0 radical (unpaired) electrons. The van der Waals surface area contributed by atoms with Crippen LogP contribution in [-0.4, -0.2) is 41.9 Å². The Morgan fingerprint density at radius 1 is 0.537 bits per heavy atom. The van der Waals surface area contributed by atoms with Crippen molar-refractivity contribution < 1.29 is 24.3 Å². The fraction of sp³-hybridized carbons (Fsp3) is 0.778. The van der Waals surface area contributed by atoms with Crippen molar-refractivity contribution in [2.24, 2.45) is 11.7 Å². The van der Waals surface area contributed by atoms with Crippen molar-refractivity contribution in [3.63, 3.8) is 0 Å². The molecule has 310 valence electrons. The fourth-order valence-corrected chi connectivity index (χ4v) is 7.19. The summed E-state index contributed by atoms with van der Waals surface area (Å²) in [5.74, 6) is -2.45. The quantitative estimate of drug-likeness (QED) is 0.0426. The molecule has 54 heavy (non-hydrogen) atoms. The van der Waals surface area contributed by atoms with E-state index in [2.05, 4.69) is 29.8 Å². The van der Waals surface area contributed by atoms with Crippen LogP contribution in [0.15, 0.2) is 18.2 Å². The highest BCUT2D eigenvalue weighted by Crippen LogP contribution is 2.25. The van der Waals surface area contributed by atoms with Gasteiger partial charge in [-0.2, -0.15) is 0 Å². The fourth-order valence-electron chi connectivity index (χ4n) is 7.19. The predicted octanol–water partition coefficient (Wildman–Crippen LogP) is 11.7. The first-order chi connectivity index (χ1) is 26.3. The molecule has 0 heterocycles. The van der Waals surface area contributed by atoms with E-state index in [1.807, 2.05) is 0 Å². The number of amides is 3. The number of carbonyl (C=O) groups is 4. The molecule has 1 aromatic carbocycles. The Labute approximate surface area is 329 Å². The Bertz CT molecular complexity index is 1100. The van der Waals surface area contributed by atoms with Gasteiger partial charge >= 0.3 is 5.97 Å². The van der Waals surface area contributed by atoms with Gasteiger partial charge in [0.1, 0.15) is 6.54 Å².